The molecule has 3 nitrogen and oxygen atoms in total. The summed E-state index contributed by atoms with van der Waals surface area (Å²) in [5, 5.41) is 11.8. The van der Waals surface area contributed by atoms with Crippen molar-refractivity contribution < 1.29 is 9.90 Å². The van der Waals surface area contributed by atoms with Crippen molar-refractivity contribution in [3.05, 3.63) is 72.9 Å². The molecule has 0 aliphatic carbocycles. The van der Waals surface area contributed by atoms with Crippen LogP contribution in [0.25, 0.3) is 0 Å². The lowest BCUT2D eigenvalue weighted by molar-refractivity contribution is -0.121. The maximum Gasteiger partial charge on any atom is 0.220 e. The van der Waals surface area contributed by atoms with Gasteiger partial charge in [-0.1, -0.05) is 79.8 Å². The van der Waals surface area contributed by atoms with Crippen LogP contribution in [0.5, 0.6) is 0 Å². The molecule has 0 aromatic carbocycles. The maximum atomic E-state index is 11.4. The predicted octanol–water partition coefficient (Wildman–Crippen LogP) is 5.96. The third-order valence-corrected chi connectivity index (χ3v) is 3.73. The predicted molar refractivity (Wildman–Crippen MR) is 122 cm³/mol. The summed E-state index contributed by atoms with van der Waals surface area (Å²) in [6.07, 6.45) is 32.7. The number of carbonyl (C=O) groups is 1. The number of aliphatic hydroxyl groups is 1. The second-order valence-electron chi connectivity index (χ2n) is 6.61. The Hall–Kier alpha value is -2.13. The number of allylic oxidation sites excluding steroid dienone is 12. The number of aliphatic hydroxyl groups excluding tert-OH is 1. The molecule has 0 radical (unpaired) electrons. The van der Waals surface area contributed by atoms with Crippen molar-refractivity contribution >= 4 is 5.91 Å². The van der Waals surface area contributed by atoms with Crippen molar-refractivity contribution in [1.29, 1.82) is 0 Å². The minimum Gasteiger partial charge on any atom is -0.392 e. The normalized spacial score (nSPS) is 14.0. The number of amides is 1. The van der Waals surface area contributed by atoms with E-state index in [0.717, 1.165) is 44.9 Å². The van der Waals surface area contributed by atoms with Crippen molar-refractivity contribution in [2.24, 2.45) is 0 Å². The Labute approximate surface area is 172 Å². The Morgan fingerprint density at radius 1 is 0.750 bits per heavy atom. The first kappa shape index (κ1) is 25.9. The monoisotopic (exact) mass is 385 g/mol. The highest BCUT2D eigenvalue weighted by Crippen LogP contribution is 1.97. The lowest BCUT2D eigenvalue weighted by atomic mass is 10.2. The Morgan fingerprint density at radius 3 is 1.54 bits per heavy atom. The van der Waals surface area contributed by atoms with Gasteiger partial charge in [0.15, 0.2) is 0 Å². The van der Waals surface area contributed by atoms with Crippen LogP contribution >= 0.6 is 0 Å². The first-order valence-corrected chi connectivity index (χ1v) is 10.5. The van der Waals surface area contributed by atoms with Gasteiger partial charge >= 0.3 is 0 Å². The van der Waals surface area contributed by atoms with Crippen LogP contribution in [0.2, 0.25) is 0 Å². The van der Waals surface area contributed by atoms with Gasteiger partial charge < -0.3 is 10.4 Å². The topological polar surface area (TPSA) is 49.3 Å². The number of nitrogens with one attached hydrogen (secondary N) is 1. The molecule has 156 valence electrons. The van der Waals surface area contributed by atoms with Gasteiger partial charge in [0.2, 0.25) is 5.91 Å². The highest BCUT2D eigenvalue weighted by atomic mass is 16.3. The minimum absolute atomic E-state index is 0.0135. The molecule has 0 aliphatic rings. The van der Waals surface area contributed by atoms with Gasteiger partial charge in [0.1, 0.15) is 0 Å². The van der Waals surface area contributed by atoms with Crippen LogP contribution in [0, 0.1) is 0 Å². The summed E-state index contributed by atoms with van der Waals surface area (Å²) in [4.78, 5) is 11.4. The van der Waals surface area contributed by atoms with E-state index < -0.39 is 6.10 Å². The van der Waals surface area contributed by atoms with Crippen LogP contribution in [0.3, 0.4) is 0 Å². The van der Waals surface area contributed by atoms with Gasteiger partial charge in [-0.15, -0.1) is 0 Å². The summed E-state index contributed by atoms with van der Waals surface area (Å²) >= 11 is 0. The average molecular weight is 386 g/mol. The quantitative estimate of drug-likeness (QED) is 0.322. The van der Waals surface area contributed by atoms with Crippen LogP contribution in [0.1, 0.15) is 65.2 Å². The third kappa shape index (κ3) is 21.9. The standard InChI is InChI=1S/C25H39NO2/c1-3-4-5-6-7-8-9-10-11-12-13-14-15-16-17-18-19-20-21-22-25(28)26-23-24(2)27/h4-5,7-8,10-11,13-14,16-17,19-20,24,27H,3,6,9,12,15,18,21-23H2,1-2H3,(H,26,28). The fourth-order valence-corrected chi connectivity index (χ4v) is 2.20. The van der Waals surface area contributed by atoms with Gasteiger partial charge in [-0.3, -0.25) is 4.79 Å². The van der Waals surface area contributed by atoms with Crippen molar-refractivity contribution in [2.45, 2.75) is 71.3 Å². The van der Waals surface area contributed by atoms with Gasteiger partial charge in [-0.2, -0.15) is 0 Å². The molecule has 0 rings (SSSR count). The van der Waals surface area contributed by atoms with Gasteiger partial charge in [0.05, 0.1) is 6.10 Å². The van der Waals surface area contributed by atoms with Crippen LogP contribution in [-0.4, -0.2) is 23.7 Å². The van der Waals surface area contributed by atoms with Gasteiger partial charge in [-0.05, 0) is 51.9 Å². The molecule has 28 heavy (non-hydrogen) atoms. The zero-order valence-corrected chi connectivity index (χ0v) is 17.7. The van der Waals surface area contributed by atoms with Crippen LogP contribution < -0.4 is 5.32 Å². The van der Waals surface area contributed by atoms with Crippen molar-refractivity contribution in [2.75, 3.05) is 6.54 Å². The van der Waals surface area contributed by atoms with Crippen molar-refractivity contribution in [3.63, 3.8) is 0 Å². The van der Waals surface area contributed by atoms with E-state index in [-0.39, 0.29) is 5.91 Å². The molecule has 0 aromatic heterocycles. The molecule has 0 aromatic rings. The van der Waals surface area contributed by atoms with E-state index in [4.69, 9.17) is 5.11 Å². The summed E-state index contributed by atoms with van der Waals surface area (Å²) in [6, 6.07) is 0. The molecular weight excluding hydrogens is 346 g/mol. The third-order valence-electron chi connectivity index (χ3n) is 3.73. The molecule has 3 heteroatoms. The molecule has 0 saturated carbocycles. The molecule has 0 fully saturated rings. The summed E-state index contributed by atoms with van der Waals surface area (Å²) in [5.41, 5.74) is 0. The number of carbonyl (C=O) groups excluding carboxylic acids is 1. The highest BCUT2D eigenvalue weighted by Gasteiger charge is 2.00. The van der Waals surface area contributed by atoms with Gasteiger partial charge in [0, 0.05) is 13.0 Å². The molecule has 1 atom stereocenters. The van der Waals surface area contributed by atoms with Crippen molar-refractivity contribution in [3.8, 4) is 0 Å². The summed E-state index contributed by atoms with van der Waals surface area (Å²) in [7, 11) is 0. The largest absolute Gasteiger partial charge is 0.392 e. The maximum absolute atomic E-state index is 11.4. The van der Waals surface area contributed by atoms with E-state index in [9.17, 15) is 4.79 Å². The SMILES string of the molecule is CCC=CCC=CCC=CCC=CCC=CCC=CCCC(=O)NCC(C)O. The molecule has 2 N–H and O–H groups in total. The first-order chi connectivity index (χ1) is 13.7. The molecule has 1 unspecified atom stereocenters. The van der Waals surface area contributed by atoms with E-state index in [0.29, 0.717) is 13.0 Å². The highest BCUT2D eigenvalue weighted by molar-refractivity contribution is 5.75. The zero-order valence-electron chi connectivity index (χ0n) is 17.7. The molecule has 0 bridgehead atoms. The Balaban J connectivity index is 3.57. The molecule has 1 amide bonds. The summed E-state index contributed by atoms with van der Waals surface area (Å²) < 4.78 is 0. The van der Waals surface area contributed by atoms with E-state index in [1.165, 1.54) is 0 Å². The Bertz CT molecular complexity index is 537. The number of hydrogen-bond donors (Lipinski definition) is 2. The Kier molecular flexibility index (Phi) is 19.6. The van der Waals surface area contributed by atoms with Gasteiger partial charge in [-0.25, -0.2) is 0 Å². The molecule has 0 spiro atoms. The summed E-state index contributed by atoms with van der Waals surface area (Å²) in [6.45, 7) is 4.13. The van der Waals surface area contributed by atoms with Crippen LogP contribution in [0.4, 0.5) is 0 Å². The minimum atomic E-state index is -0.491. The molecule has 0 saturated heterocycles. The fourth-order valence-electron chi connectivity index (χ4n) is 2.20. The zero-order chi connectivity index (χ0) is 20.7. The van der Waals surface area contributed by atoms with E-state index in [1.54, 1.807) is 6.92 Å². The van der Waals surface area contributed by atoms with Gasteiger partial charge in [0.25, 0.3) is 0 Å². The van der Waals surface area contributed by atoms with E-state index in [1.807, 2.05) is 6.08 Å². The lowest BCUT2D eigenvalue weighted by Gasteiger charge is -2.05. The first-order valence-electron chi connectivity index (χ1n) is 10.5. The summed E-state index contributed by atoms with van der Waals surface area (Å²) in [5.74, 6) is -0.0135. The second-order valence-corrected chi connectivity index (χ2v) is 6.61. The fraction of sp³-hybridized carbons (Fsp3) is 0.480. The second kappa shape index (κ2) is 21.2. The smallest absolute Gasteiger partial charge is 0.220 e. The molecule has 0 heterocycles. The lowest BCUT2D eigenvalue weighted by Crippen LogP contribution is -2.30. The van der Waals surface area contributed by atoms with Crippen molar-refractivity contribution in [1.82, 2.24) is 5.32 Å². The van der Waals surface area contributed by atoms with E-state index >= 15 is 0 Å². The van der Waals surface area contributed by atoms with Crippen LogP contribution in [0.15, 0.2) is 72.9 Å². The van der Waals surface area contributed by atoms with Crippen LogP contribution in [-0.2, 0) is 4.79 Å². The number of hydrogen-bond acceptors (Lipinski definition) is 2. The molecule has 0 aliphatic heterocycles. The molecular formula is C25H39NO2. The van der Waals surface area contributed by atoms with E-state index in [2.05, 4.69) is 79.1 Å². The Morgan fingerprint density at radius 2 is 1.14 bits per heavy atom. The number of rotatable bonds is 16. The average Bonchev–Trinajstić information content (AvgIpc) is 2.68.